The Bertz CT molecular complexity index is 1040. The predicted molar refractivity (Wildman–Crippen MR) is 110 cm³/mol. The van der Waals surface area contributed by atoms with Crippen molar-refractivity contribution >= 4 is 22.3 Å². The summed E-state index contributed by atoms with van der Waals surface area (Å²) in [5, 5.41) is 13.8. The molecule has 1 heterocycles. The van der Waals surface area contributed by atoms with Crippen molar-refractivity contribution in [2.45, 2.75) is 13.8 Å². The van der Waals surface area contributed by atoms with Crippen molar-refractivity contribution in [1.82, 2.24) is 4.98 Å². The summed E-state index contributed by atoms with van der Waals surface area (Å²) in [6.45, 7) is 4.96. The summed E-state index contributed by atoms with van der Waals surface area (Å²) < 4.78 is 16.3. The number of nitrogens with zero attached hydrogens (tertiary/aromatic N) is 2. The Balaban J connectivity index is 2.11. The summed E-state index contributed by atoms with van der Waals surface area (Å²) in [6, 6.07) is 12.1. The summed E-state index contributed by atoms with van der Waals surface area (Å²) in [7, 11) is 3.20. The number of aryl methyl sites for hydroxylation is 2. The van der Waals surface area contributed by atoms with Crippen LogP contribution >= 0.6 is 0 Å². The van der Waals surface area contributed by atoms with Crippen LogP contribution in [-0.4, -0.2) is 32.4 Å². The van der Waals surface area contributed by atoms with Gasteiger partial charge in [-0.15, -0.1) is 0 Å². The first-order valence-corrected chi connectivity index (χ1v) is 8.94. The van der Waals surface area contributed by atoms with Crippen LogP contribution in [0.15, 0.2) is 36.5 Å². The number of nitrogens with one attached hydrogen (secondary N) is 1. The quantitative estimate of drug-likeness (QED) is 0.611. The van der Waals surface area contributed by atoms with E-state index in [4.69, 9.17) is 14.2 Å². The molecule has 1 aromatic heterocycles. The number of benzene rings is 2. The Morgan fingerprint density at radius 2 is 1.93 bits per heavy atom. The van der Waals surface area contributed by atoms with E-state index in [1.54, 1.807) is 20.4 Å². The maximum atomic E-state index is 9.59. The zero-order valence-electron chi connectivity index (χ0n) is 16.5. The van der Waals surface area contributed by atoms with E-state index in [9.17, 15) is 5.26 Å². The molecule has 0 saturated carbocycles. The third-order valence-electron chi connectivity index (χ3n) is 4.47. The molecular formula is C22H23N3O3. The molecule has 6 heteroatoms. The van der Waals surface area contributed by atoms with E-state index < -0.39 is 0 Å². The number of aromatic nitrogens is 1. The van der Waals surface area contributed by atoms with Gasteiger partial charge in [-0.2, -0.15) is 5.26 Å². The molecule has 0 saturated heterocycles. The molecule has 0 atom stereocenters. The van der Waals surface area contributed by atoms with Crippen molar-refractivity contribution in [3.63, 3.8) is 0 Å². The number of fused-ring (bicyclic) bond motifs is 1. The second-order valence-corrected chi connectivity index (χ2v) is 6.44. The number of nitriles is 1. The zero-order valence-corrected chi connectivity index (χ0v) is 16.5. The summed E-state index contributed by atoms with van der Waals surface area (Å²) in [5.41, 5.74) is 5.00. The minimum Gasteiger partial charge on any atom is -0.491 e. The third-order valence-corrected chi connectivity index (χ3v) is 4.47. The molecule has 0 fully saturated rings. The number of rotatable bonds is 7. The summed E-state index contributed by atoms with van der Waals surface area (Å²) in [6.07, 6.45) is 1.55. The van der Waals surface area contributed by atoms with Gasteiger partial charge in [0, 0.05) is 24.4 Å². The van der Waals surface area contributed by atoms with Gasteiger partial charge in [0.15, 0.2) is 11.5 Å². The highest BCUT2D eigenvalue weighted by atomic mass is 16.5. The van der Waals surface area contributed by atoms with Gasteiger partial charge in [0.25, 0.3) is 0 Å². The molecular weight excluding hydrogens is 354 g/mol. The van der Waals surface area contributed by atoms with Gasteiger partial charge in [-0.25, -0.2) is 0 Å². The lowest BCUT2D eigenvalue weighted by Crippen LogP contribution is -2.06. The first-order chi connectivity index (χ1) is 13.6. The molecule has 0 spiro atoms. The van der Waals surface area contributed by atoms with Crippen molar-refractivity contribution in [3.05, 3.63) is 53.2 Å². The Morgan fingerprint density at radius 3 is 2.61 bits per heavy atom. The highest BCUT2D eigenvalue weighted by Gasteiger charge is 2.17. The van der Waals surface area contributed by atoms with Crippen molar-refractivity contribution in [2.75, 3.05) is 32.8 Å². The number of ether oxygens (including phenoxy) is 3. The molecule has 3 aromatic rings. The second kappa shape index (κ2) is 8.59. The van der Waals surface area contributed by atoms with Gasteiger partial charge in [0.2, 0.25) is 0 Å². The van der Waals surface area contributed by atoms with E-state index >= 15 is 0 Å². The second-order valence-electron chi connectivity index (χ2n) is 6.44. The standard InChI is InChI=1S/C22H23N3O3/c1-14-5-7-18(15(2)11-14)25-20-16(12-23)13-24-21-17(20)6-8-19(22(21)27-4)28-10-9-26-3/h5-8,11,13H,9-10H2,1-4H3,(H,24,25). The largest absolute Gasteiger partial charge is 0.491 e. The topological polar surface area (TPSA) is 76.4 Å². The predicted octanol–water partition coefficient (Wildman–Crippen LogP) is 4.50. The van der Waals surface area contributed by atoms with Crippen LogP contribution in [0.25, 0.3) is 10.9 Å². The van der Waals surface area contributed by atoms with Crippen LogP contribution < -0.4 is 14.8 Å². The van der Waals surface area contributed by atoms with E-state index in [1.807, 2.05) is 31.2 Å². The number of pyridine rings is 1. The molecule has 6 nitrogen and oxygen atoms in total. The van der Waals surface area contributed by atoms with E-state index in [-0.39, 0.29) is 0 Å². The lowest BCUT2D eigenvalue weighted by Gasteiger charge is -2.17. The van der Waals surface area contributed by atoms with Crippen molar-refractivity contribution in [2.24, 2.45) is 0 Å². The zero-order chi connectivity index (χ0) is 20.1. The van der Waals surface area contributed by atoms with Gasteiger partial charge in [-0.3, -0.25) is 4.98 Å². The maximum absolute atomic E-state index is 9.59. The van der Waals surface area contributed by atoms with Crippen LogP contribution in [0.4, 0.5) is 11.4 Å². The third kappa shape index (κ3) is 3.85. The van der Waals surface area contributed by atoms with E-state index in [0.717, 1.165) is 16.6 Å². The van der Waals surface area contributed by atoms with Gasteiger partial charge in [0.1, 0.15) is 18.2 Å². The fourth-order valence-corrected chi connectivity index (χ4v) is 3.08. The van der Waals surface area contributed by atoms with Crippen LogP contribution in [0.3, 0.4) is 0 Å². The lowest BCUT2D eigenvalue weighted by atomic mass is 10.1. The number of hydrogen-bond donors (Lipinski definition) is 1. The highest BCUT2D eigenvalue weighted by Crippen LogP contribution is 2.39. The van der Waals surface area contributed by atoms with Gasteiger partial charge in [0.05, 0.1) is 25.0 Å². The molecule has 144 valence electrons. The minimum atomic E-state index is 0.405. The van der Waals surface area contributed by atoms with Crippen molar-refractivity contribution < 1.29 is 14.2 Å². The molecule has 0 unspecified atom stereocenters. The maximum Gasteiger partial charge on any atom is 0.187 e. The molecule has 3 rings (SSSR count). The fourth-order valence-electron chi connectivity index (χ4n) is 3.08. The van der Waals surface area contributed by atoms with Gasteiger partial charge in [-0.1, -0.05) is 17.7 Å². The molecule has 0 amide bonds. The van der Waals surface area contributed by atoms with Crippen LogP contribution in [0.5, 0.6) is 11.5 Å². The number of hydrogen-bond acceptors (Lipinski definition) is 6. The van der Waals surface area contributed by atoms with Crippen LogP contribution in [0.1, 0.15) is 16.7 Å². The molecule has 0 aliphatic rings. The van der Waals surface area contributed by atoms with Crippen LogP contribution in [0.2, 0.25) is 0 Å². The minimum absolute atomic E-state index is 0.405. The summed E-state index contributed by atoms with van der Waals surface area (Å²) >= 11 is 0. The first kappa shape index (κ1) is 19.5. The highest BCUT2D eigenvalue weighted by molar-refractivity contribution is 6.00. The Kier molecular flexibility index (Phi) is 5.97. The molecule has 0 radical (unpaired) electrons. The molecule has 0 bridgehead atoms. The van der Waals surface area contributed by atoms with E-state index in [1.165, 1.54) is 5.56 Å². The van der Waals surface area contributed by atoms with Crippen LogP contribution in [0, 0.1) is 25.2 Å². The summed E-state index contributed by atoms with van der Waals surface area (Å²) in [5.74, 6) is 1.11. The molecule has 0 aliphatic heterocycles. The van der Waals surface area contributed by atoms with E-state index in [0.29, 0.717) is 41.5 Å². The number of anilines is 2. The van der Waals surface area contributed by atoms with Crippen molar-refractivity contribution in [3.8, 4) is 17.6 Å². The molecule has 2 aromatic carbocycles. The fraction of sp³-hybridized carbons (Fsp3) is 0.273. The molecule has 28 heavy (non-hydrogen) atoms. The SMILES string of the molecule is COCCOc1ccc2c(Nc3ccc(C)cc3C)c(C#N)cnc2c1OC. The Labute approximate surface area is 164 Å². The molecule has 1 N–H and O–H groups in total. The molecule has 0 aliphatic carbocycles. The monoisotopic (exact) mass is 377 g/mol. The Morgan fingerprint density at radius 1 is 1.11 bits per heavy atom. The van der Waals surface area contributed by atoms with Gasteiger partial charge < -0.3 is 19.5 Å². The smallest absolute Gasteiger partial charge is 0.187 e. The number of methoxy groups -OCH3 is 2. The summed E-state index contributed by atoms with van der Waals surface area (Å²) in [4.78, 5) is 4.45. The average molecular weight is 377 g/mol. The van der Waals surface area contributed by atoms with Gasteiger partial charge in [-0.05, 0) is 37.6 Å². The normalized spacial score (nSPS) is 10.5. The van der Waals surface area contributed by atoms with E-state index in [2.05, 4.69) is 29.4 Å². The lowest BCUT2D eigenvalue weighted by molar-refractivity contribution is 0.144. The van der Waals surface area contributed by atoms with Gasteiger partial charge >= 0.3 is 0 Å². The first-order valence-electron chi connectivity index (χ1n) is 8.94. The Hall–Kier alpha value is -3.30. The van der Waals surface area contributed by atoms with Crippen molar-refractivity contribution in [1.29, 1.82) is 5.26 Å². The average Bonchev–Trinajstić information content (AvgIpc) is 2.70. The van der Waals surface area contributed by atoms with Crippen LogP contribution in [-0.2, 0) is 4.74 Å².